The number of anilines is 2. The molecule has 1 aromatic heterocycles. The van der Waals surface area contributed by atoms with Gasteiger partial charge in [0.05, 0.1) is 5.92 Å². The van der Waals surface area contributed by atoms with Crippen molar-refractivity contribution in [1.82, 2.24) is 9.55 Å². The number of unbranched alkanes of at least 4 members (excludes halogenated alkanes) is 1. The van der Waals surface area contributed by atoms with Gasteiger partial charge in [-0.05, 0) is 43.7 Å². The zero-order valence-corrected chi connectivity index (χ0v) is 16.5. The lowest BCUT2D eigenvalue weighted by Gasteiger charge is -2.30. The van der Waals surface area contributed by atoms with Gasteiger partial charge in [0.1, 0.15) is 5.82 Å². The Bertz CT molecular complexity index is 976. The predicted octanol–water partition coefficient (Wildman–Crippen LogP) is 2.39. The first-order valence-corrected chi connectivity index (χ1v) is 10.0. The number of hydrogen-bond acceptors (Lipinski definition) is 4. The van der Waals surface area contributed by atoms with E-state index in [1.807, 2.05) is 32.0 Å². The fourth-order valence-electron chi connectivity index (χ4n) is 4.00. The minimum absolute atomic E-state index is 0.0569. The van der Waals surface area contributed by atoms with Crippen LogP contribution in [0.4, 0.5) is 11.5 Å². The number of nitrogens with one attached hydrogen (secondary N) is 1. The summed E-state index contributed by atoms with van der Waals surface area (Å²) in [5.74, 6) is -0.395. The predicted molar refractivity (Wildman–Crippen MR) is 111 cm³/mol. The first-order valence-electron chi connectivity index (χ1n) is 10.0. The molecule has 2 aromatic rings. The van der Waals surface area contributed by atoms with Crippen LogP contribution in [0.3, 0.4) is 0 Å². The normalized spacial score (nSPS) is 15.9. The molecule has 0 bridgehead atoms. The van der Waals surface area contributed by atoms with Gasteiger partial charge in [-0.3, -0.25) is 19.1 Å². The summed E-state index contributed by atoms with van der Waals surface area (Å²) in [7, 11) is 0. The van der Waals surface area contributed by atoms with Crippen LogP contribution < -0.4 is 21.9 Å². The second-order valence-electron chi connectivity index (χ2n) is 7.22. The number of nitrogens with zero attached hydrogens (tertiary/aromatic N) is 2. The molecule has 0 fully saturated rings. The number of aromatic nitrogens is 2. The third kappa shape index (κ3) is 3.61. The van der Waals surface area contributed by atoms with E-state index in [9.17, 15) is 14.4 Å². The second kappa shape index (κ2) is 8.46. The van der Waals surface area contributed by atoms with Crippen LogP contribution in [0.1, 0.15) is 56.6 Å². The van der Waals surface area contributed by atoms with Crippen LogP contribution in [-0.4, -0.2) is 22.0 Å². The summed E-state index contributed by atoms with van der Waals surface area (Å²) in [5, 5.41) is 0. The highest BCUT2D eigenvalue weighted by Gasteiger charge is 2.32. The minimum atomic E-state index is -0.616. The van der Waals surface area contributed by atoms with E-state index < -0.39 is 11.2 Å². The van der Waals surface area contributed by atoms with Crippen molar-refractivity contribution >= 4 is 17.4 Å². The molecule has 7 nitrogen and oxygen atoms in total. The van der Waals surface area contributed by atoms with Gasteiger partial charge in [0.25, 0.3) is 5.56 Å². The Morgan fingerprint density at radius 2 is 2.04 bits per heavy atom. The molecule has 1 atom stereocenters. The molecule has 7 heteroatoms. The fraction of sp³-hybridized carbons (Fsp3) is 0.476. The van der Waals surface area contributed by atoms with E-state index >= 15 is 0 Å². The summed E-state index contributed by atoms with van der Waals surface area (Å²) >= 11 is 0. The van der Waals surface area contributed by atoms with Gasteiger partial charge >= 0.3 is 5.69 Å². The molecule has 0 radical (unpaired) electrons. The van der Waals surface area contributed by atoms with Crippen molar-refractivity contribution in [3.8, 4) is 0 Å². The molecular weight excluding hydrogens is 356 g/mol. The van der Waals surface area contributed by atoms with Gasteiger partial charge in [-0.25, -0.2) is 4.79 Å². The molecular formula is C21H28N4O3. The average molecular weight is 384 g/mol. The zero-order chi connectivity index (χ0) is 20.3. The molecule has 0 saturated carbocycles. The van der Waals surface area contributed by atoms with E-state index in [1.54, 1.807) is 0 Å². The first kappa shape index (κ1) is 19.9. The van der Waals surface area contributed by atoms with Crippen molar-refractivity contribution in [2.45, 2.75) is 58.4 Å². The molecule has 1 aliphatic carbocycles. The van der Waals surface area contributed by atoms with Crippen LogP contribution >= 0.6 is 0 Å². The third-order valence-electron chi connectivity index (χ3n) is 5.47. The maximum Gasteiger partial charge on any atom is 0.330 e. The summed E-state index contributed by atoms with van der Waals surface area (Å²) in [4.78, 5) is 42.0. The highest BCUT2D eigenvalue weighted by molar-refractivity contribution is 6.00. The molecule has 1 heterocycles. The Morgan fingerprint density at radius 1 is 1.29 bits per heavy atom. The summed E-state index contributed by atoms with van der Waals surface area (Å²) in [6.45, 7) is 4.53. The Morgan fingerprint density at radius 3 is 2.75 bits per heavy atom. The van der Waals surface area contributed by atoms with Crippen molar-refractivity contribution in [1.29, 1.82) is 0 Å². The molecule has 0 aliphatic heterocycles. The molecule has 150 valence electrons. The molecule has 3 rings (SSSR count). The average Bonchev–Trinajstić information content (AvgIpc) is 2.70. The number of benzene rings is 1. The van der Waals surface area contributed by atoms with Gasteiger partial charge in [0, 0.05) is 13.1 Å². The topological polar surface area (TPSA) is 101 Å². The smallest absolute Gasteiger partial charge is 0.330 e. The van der Waals surface area contributed by atoms with Crippen molar-refractivity contribution in [3.05, 3.63) is 56.2 Å². The Kier molecular flexibility index (Phi) is 6.02. The van der Waals surface area contributed by atoms with E-state index in [4.69, 9.17) is 5.73 Å². The van der Waals surface area contributed by atoms with Crippen LogP contribution in [0.25, 0.3) is 0 Å². The monoisotopic (exact) mass is 384 g/mol. The number of H-pyrrole nitrogens is 1. The van der Waals surface area contributed by atoms with Crippen LogP contribution in [0, 0.1) is 0 Å². The number of aryl methyl sites for hydroxylation is 1. The minimum Gasteiger partial charge on any atom is -0.383 e. The molecule has 1 aliphatic rings. The quantitative estimate of drug-likeness (QED) is 0.798. The first-order chi connectivity index (χ1) is 13.5. The Hall–Kier alpha value is -2.83. The largest absolute Gasteiger partial charge is 0.383 e. The summed E-state index contributed by atoms with van der Waals surface area (Å²) in [5.41, 5.74) is 7.34. The van der Waals surface area contributed by atoms with Crippen LogP contribution in [0.2, 0.25) is 0 Å². The number of nitrogen functional groups attached to an aromatic ring is 1. The Labute approximate surface area is 164 Å². The van der Waals surface area contributed by atoms with E-state index in [-0.39, 0.29) is 23.3 Å². The number of rotatable bonds is 6. The number of nitrogens with two attached hydrogens (primary N) is 1. The number of fused-ring (bicyclic) bond motifs is 1. The molecule has 28 heavy (non-hydrogen) atoms. The lowest BCUT2D eigenvalue weighted by atomic mass is 9.82. The van der Waals surface area contributed by atoms with E-state index in [0.717, 1.165) is 37.7 Å². The summed E-state index contributed by atoms with van der Waals surface area (Å²) < 4.78 is 1.35. The van der Waals surface area contributed by atoms with Gasteiger partial charge in [0.15, 0.2) is 5.69 Å². The highest BCUT2D eigenvalue weighted by atomic mass is 16.2. The van der Waals surface area contributed by atoms with Crippen LogP contribution in [0.5, 0.6) is 0 Å². The summed E-state index contributed by atoms with van der Waals surface area (Å²) in [6, 6.07) is 7.96. The summed E-state index contributed by atoms with van der Waals surface area (Å²) in [6.07, 6.45) is 4.25. The van der Waals surface area contributed by atoms with Gasteiger partial charge in [0.2, 0.25) is 5.91 Å². The van der Waals surface area contributed by atoms with Crippen molar-refractivity contribution in [3.63, 3.8) is 0 Å². The number of amides is 1. The molecule has 0 saturated heterocycles. The van der Waals surface area contributed by atoms with Crippen molar-refractivity contribution in [2.24, 2.45) is 0 Å². The van der Waals surface area contributed by atoms with Gasteiger partial charge in [-0.2, -0.15) is 0 Å². The van der Waals surface area contributed by atoms with E-state index in [1.165, 1.54) is 15.0 Å². The molecule has 1 amide bonds. The SMILES string of the molecule is CCCCn1c(N)c(N(CC)C(=O)C2CCCc3ccccc32)c(=O)[nH]c1=O. The highest BCUT2D eigenvalue weighted by Crippen LogP contribution is 2.34. The van der Waals surface area contributed by atoms with Gasteiger partial charge in [-0.1, -0.05) is 37.6 Å². The molecule has 1 unspecified atom stereocenters. The van der Waals surface area contributed by atoms with Gasteiger partial charge in [-0.15, -0.1) is 0 Å². The van der Waals surface area contributed by atoms with Crippen LogP contribution in [-0.2, 0) is 17.8 Å². The maximum atomic E-state index is 13.4. The standard InChI is InChI=1S/C21H28N4O3/c1-3-5-13-25-18(22)17(19(26)23-21(25)28)24(4-2)20(27)16-12-8-10-14-9-6-7-11-15(14)16/h6-7,9,11,16H,3-5,8,10,12-13,22H2,1-2H3,(H,23,26,28). The molecule has 0 spiro atoms. The molecule has 1 aromatic carbocycles. The zero-order valence-electron chi connectivity index (χ0n) is 16.5. The number of likely N-dealkylation sites (N-methyl/N-ethyl adjacent to an activating group) is 1. The van der Waals surface area contributed by atoms with Crippen molar-refractivity contribution in [2.75, 3.05) is 17.2 Å². The number of aromatic amines is 1. The number of carbonyl (C=O) groups excluding carboxylic acids is 1. The number of hydrogen-bond donors (Lipinski definition) is 2. The lowest BCUT2D eigenvalue weighted by Crippen LogP contribution is -2.43. The fourth-order valence-corrected chi connectivity index (χ4v) is 4.00. The third-order valence-corrected chi connectivity index (χ3v) is 5.47. The molecule has 3 N–H and O–H groups in total. The van der Waals surface area contributed by atoms with E-state index in [0.29, 0.717) is 13.1 Å². The maximum absolute atomic E-state index is 13.4. The number of carbonyl (C=O) groups is 1. The van der Waals surface area contributed by atoms with Crippen LogP contribution in [0.15, 0.2) is 33.9 Å². The Balaban J connectivity index is 2.04. The van der Waals surface area contributed by atoms with Crippen molar-refractivity contribution < 1.29 is 4.79 Å². The van der Waals surface area contributed by atoms with E-state index in [2.05, 4.69) is 11.1 Å². The second-order valence-corrected chi connectivity index (χ2v) is 7.22. The lowest BCUT2D eigenvalue weighted by molar-refractivity contribution is -0.120. The van der Waals surface area contributed by atoms with Gasteiger partial charge < -0.3 is 10.6 Å².